The molecular formula is C18H28IN3O. The Hall–Kier alpha value is -1.24. The van der Waals surface area contributed by atoms with Gasteiger partial charge in [-0.05, 0) is 49.8 Å². The van der Waals surface area contributed by atoms with Crippen molar-refractivity contribution in [1.29, 1.82) is 0 Å². The number of benzene rings is 1. The molecule has 4 nitrogen and oxygen atoms in total. The average molecular weight is 429 g/mol. The third-order valence-corrected chi connectivity index (χ3v) is 3.97. The van der Waals surface area contributed by atoms with E-state index < -0.39 is 0 Å². The fourth-order valence-electron chi connectivity index (χ4n) is 2.62. The van der Waals surface area contributed by atoms with E-state index in [1.165, 1.54) is 31.2 Å². The SMILES string of the molecule is CN=C(NCCC1=CCCCC1)NCc1ccc(OC)cc1.I. The van der Waals surface area contributed by atoms with Crippen LogP contribution in [0.1, 0.15) is 37.7 Å². The summed E-state index contributed by atoms with van der Waals surface area (Å²) in [6.45, 7) is 1.69. The molecule has 1 aromatic rings. The minimum Gasteiger partial charge on any atom is -0.497 e. The first-order valence-corrected chi connectivity index (χ1v) is 8.07. The number of methoxy groups -OCH3 is 1. The zero-order valence-electron chi connectivity index (χ0n) is 14.1. The van der Waals surface area contributed by atoms with Crippen molar-refractivity contribution in [2.75, 3.05) is 20.7 Å². The molecule has 0 bridgehead atoms. The van der Waals surface area contributed by atoms with E-state index in [-0.39, 0.29) is 24.0 Å². The van der Waals surface area contributed by atoms with Crippen molar-refractivity contribution < 1.29 is 4.74 Å². The van der Waals surface area contributed by atoms with E-state index in [4.69, 9.17) is 4.74 Å². The molecule has 2 N–H and O–H groups in total. The number of nitrogens with one attached hydrogen (secondary N) is 2. The van der Waals surface area contributed by atoms with E-state index in [1.807, 2.05) is 19.2 Å². The van der Waals surface area contributed by atoms with Crippen LogP contribution < -0.4 is 15.4 Å². The Morgan fingerprint density at radius 3 is 2.57 bits per heavy atom. The summed E-state index contributed by atoms with van der Waals surface area (Å²) in [6, 6.07) is 8.07. The molecule has 1 aromatic carbocycles. The van der Waals surface area contributed by atoms with Crippen LogP contribution in [0.3, 0.4) is 0 Å². The highest BCUT2D eigenvalue weighted by Crippen LogP contribution is 2.19. The first-order valence-electron chi connectivity index (χ1n) is 8.07. The van der Waals surface area contributed by atoms with Gasteiger partial charge in [0.25, 0.3) is 0 Å². The smallest absolute Gasteiger partial charge is 0.191 e. The zero-order chi connectivity index (χ0) is 15.6. The summed E-state index contributed by atoms with van der Waals surface area (Å²) < 4.78 is 5.16. The highest BCUT2D eigenvalue weighted by molar-refractivity contribution is 14.0. The largest absolute Gasteiger partial charge is 0.497 e. The summed E-state index contributed by atoms with van der Waals surface area (Å²) in [5.74, 6) is 1.74. The van der Waals surface area contributed by atoms with Crippen LogP contribution >= 0.6 is 24.0 Å². The Labute approximate surface area is 156 Å². The lowest BCUT2D eigenvalue weighted by Gasteiger charge is -2.15. The van der Waals surface area contributed by atoms with Crippen molar-refractivity contribution in [3.63, 3.8) is 0 Å². The number of nitrogens with zero attached hydrogens (tertiary/aromatic N) is 1. The van der Waals surface area contributed by atoms with Gasteiger partial charge >= 0.3 is 0 Å². The van der Waals surface area contributed by atoms with Crippen LogP contribution in [-0.4, -0.2) is 26.7 Å². The predicted octanol–water partition coefficient (Wildman–Crippen LogP) is 3.87. The fraction of sp³-hybridized carbons (Fsp3) is 0.500. The molecule has 0 fully saturated rings. The molecule has 1 aliphatic carbocycles. The molecule has 1 aliphatic rings. The third kappa shape index (κ3) is 7.24. The van der Waals surface area contributed by atoms with Crippen molar-refractivity contribution in [2.24, 2.45) is 4.99 Å². The molecule has 0 radical (unpaired) electrons. The van der Waals surface area contributed by atoms with Gasteiger partial charge < -0.3 is 15.4 Å². The third-order valence-electron chi connectivity index (χ3n) is 3.97. The highest BCUT2D eigenvalue weighted by Gasteiger charge is 2.04. The summed E-state index contributed by atoms with van der Waals surface area (Å²) in [4.78, 5) is 4.27. The van der Waals surface area contributed by atoms with Gasteiger partial charge in [-0.1, -0.05) is 23.8 Å². The first kappa shape index (κ1) is 19.8. The number of hydrogen-bond donors (Lipinski definition) is 2. The molecule has 5 heteroatoms. The van der Waals surface area contributed by atoms with Gasteiger partial charge in [0.05, 0.1) is 7.11 Å². The zero-order valence-corrected chi connectivity index (χ0v) is 16.4. The maximum Gasteiger partial charge on any atom is 0.191 e. The maximum absolute atomic E-state index is 5.16. The number of rotatable bonds is 6. The number of halogens is 1. The number of allylic oxidation sites excluding steroid dienone is 1. The molecule has 23 heavy (non-hydrogen) atoms. The Bertz CT molecular complexity index is 512. The summed E-state index contributed by atoms with van der Waals surface area (Å²) in [6.07, 6.45) is 8.72. The molecule has 0 amide bonds. The van der Waals surface area contributed by atoms with Crippen LogP contribution in [0.15, 0.2) is 40.9 Å². The Morgan fingerprint density at radius 1 is 1.17 bits per heavy atom. The van der Waals surface area contributed by atoms with Crippen molar-refractivity contribution in [3.05, 3.63) is 41.5 Å². The van der Waals surface area contributed by atoms with Crippen LogP contribution in [0.5, 0.6) is 5.75 Å². The van der Waals surface area contributed by atoms with E-state index in [1.54, 1.807) is 12.7 Å². The Balaban J connectivity index is 0.00000264. The van der Waals surface area contributed by atoms with Gasteiger partial charge in [0.15, 0.2) is 5.96 Å². The second-order valence-corrected chi connectivity index (χ2v) is 5.56. The minimum absolute atomic E-state index is 0. The van der Waals surface area contributed by atoms with Gasteiger partial charge in [-0.15, -0.1) is 24.0 Å². The summed E-state index contributed by atoms with van der Waals surface area (Å²) in [7, 11) is 3.49. The molecule has 0 aromatic heterocycles. The van der Waals surface area contributed by atoms with Gasteiger partial charge in [-0.3, -0.25) is 4.99 Å². The van der Waals surface area contributed by atoms with Gasteiger partial charge in [0.1, 0.15) is 5.75 Å². The second kappa shape index (κ2) is 11.3. The number of hydrogen-bond acceptors (Lipinski definition) is 2. The molecule has 0 atom stereocenters. The number of ether oxygens (including phenoxy) is 1. The minimum atomic E-state index is 0. The number of aliphatic imine (C=N–C) groups is 1. The molecule has 0 unspecified atom stereocenters. The van der Waals surface area contributed by atoms with Crippen LogP contribution in [0.4, 0.5) is 0 Å². The van der Waals surface area contributed by atoms with Crippen LogP contribution in [0.25, 0.3) is 0 Å². The van der Waals surface area contributed by atoms with E-state index in [9.17, 15) is 0 Å². The molecule has 128 valence electrons. The molecule has 0 spiro atoms. The van der Waals surface area contributed by atoms with Crippen molar-refractivity contribution >= 4 is 29.9 Å². The standard InChI is InChI=1S/C18H27N3O.HI/c1-19-18(20-13-12-15-6-4-3-5-7-15)21-14-16-8-10-17(22-2)11-9-16;/h6,8-11H,3-5,7,12-14H2,1-2H3,(H2,19,20,21);1H. The lowest BCUT2D eigenvalue weighted by Crippen LogP contribution is -2.37. The average Bonchev–Trinajstić information content (AvgIpc) is 2.59. The van der Waals surface area contributed by atoms with Gasteiger partial charge in [0, 0.05) is 20.1 Å². The molecule has 0 aliphatic heterocycles. The summed E-state index contributed by atoms with van der Waals surface area (Å²) in [5.41, 5.74) is 2.79. The monoisotopic (exact) mass is 429 g/mol. The molecular weight excluding hydrogens is 401 g/mol. The van der Waals surface area contributed by atoms with E-state index in [0.29, 0.717) is 0 Å². The number of guanidine groups is 1. The van der Waals surface area contributed by atoms with Gasteiger partial charge in [0.2, 0.25) is 0 Å². The van der Waals surface area contributed by atoms with Gasteiger partial charge in [-0.2, -0.15) is 0 Å². The Kier molecular flexibility index (Phi) is 9.75. The second-order valence-electron chi connectivity index (χ2n) is 5.56. The lowest BCUT2D eigenvalue weighted by atomic mass is 9.97. The normalized spacial score (nSPS) is 14.5. The maximum atomic E-state index is 5.16. The predicted molar refractivity (Wildman–Crippen MR) is 108 cm³/mol. The van der Waals surface area contributed by atoms with E-state index in [0.717, 1.165) is 31.2 Å². The van der Waals surface area contributed by atoms with E-state index in [2.05, 4.69) is 33.8 Å². The fourth-order valence-corrected chi connectivity index (χ4v) is 2.62. The first-order chi connectivity index (χ1) is 10.8. The lowest BCUT2D eigenvalue weighted by molar-refractivity contribution is 0.414. The summed E-state index contributed by atoms with van der Waals surface area (Å²) in [5, 5.41) is 6.72. The molecule has 0 heterocycles. The molecule has 0 saturated heterocycles. The van der Waals surface area contributed by atoms with Crippen LogP contribution in [0, 0.1) is 0 Å². The Morgan fingerprint density at radius 2 is 1.96 bits per heavy atom. The summed E-state index contributed by atoms with van der Waals surface area (Å²) >= 11 is 0. The van der Waals surface area contributed by atoms with Gasteiger partial charge in [-0.25, -0.2) is 0 Å². The van der Waals surface area contributed by atoms with Crippen molar-refractivity contribution in [1.82, 2.24) is 10.6 Å². The highest BCUT2D eigenvalue weighted by atomic mass is 127. The topological polar surface area (TPSA) is 45.7 Å². The van der Waals surface area contributed by atoms with Crippen molar-refractivity contribution in [3.8, 4) is 5.75 Å². The van der Waals surface area contributed by atoms with E-state index >= 15 is 0 Å². The van der Waals surface area contributed by atoms with Crippen LogP contribution in [0.2, 0.25) is 0 Å². The molecule has 0 saturated carbocycles. The van der Waals surface area contributed by atoms with Crippen LogP contribution in [-0.2, 0) is 6.54 Å². The molecule has 2 rings (SSSR count). The van der Waals surface area contributed by atoms with Crippen molar-refractivity contribution in [2.45, 2.75) is 38.6 Å². The quantitative estimate of drug-likeness (QED) is 0.313.